The molecule has 1 amide bonds. The Morgan fingerprint density at radius 3 is 2.60 bits per heavy atom. The van der Waals surface area contributed by atoms with Gasteiger partial charge in [-0.25, -0.2) is 9.97 Å². The molecule has 1 rings (SSSR count). The zero-order chi connectivity index (χ0) is 15.3. The summed E-state index contributed by atoms with van der Waals surface area (Å²) in [6.45, 7) is 5.57. The van der Waals surface area contributed by atoms with Crippen LogP contribution in [-0.2, 0) is 4.79 Å². The second kappa shape index (κ2) is 7.19. The smallest absolute Gasteiger partial charge is 0.303 e. The van der Waals surface area contributed by atoms with Crippen molar-refractivity contribution < 1.29 is 14.7 Å². The van der Waals surface area contributed by atoms with Gasteiger partial charge in [0.15, 0.2) is 0 Å². The summed E-state index contributed by atoms with van der Waals surface area (Å²) in [5, 5.41) is 11.5. The molecular formula is C13H18ClN3O3. The van der Waals surface area contributed by atoms with E-state index in [2.05, 4.69) is 15.3 Å². The van der Waals surface area contributed by atoms with E-state index >= 15 is 0 Å². The Balaban J connectivity index is 2.76. The van der Waals surface area contributed by atoms with Gasteiger partial charge in [0.05, 0.1) is 11.2 Å². The Hall–Kier alpha value is -1.69. The van der Waals surface area contributed by atoms with E-state index in [-0.39, 0.29) is 29.1 Å². The predicted molar refractivity (Wildman–Crippen MR) is 74.9 cm³/mol. The van der Waals surface area contributed by atoms with Gasteiger partial charge in [-0.3, -0.25) is 9.59 Å². The monoisotopic (exact) mass is 299 g/mol. The molecule has 0 aliphatic rings. The summed E-state index contributed by atoms with van der Waals surface area (Å²) < 4.78 is 0. The lowest BCUT2D eigenvalue weighted by Crippen LogP contribution is -2.34. The fourth-order valence-corrected chi connectivity index (χ4v) is 1.70. The Morgan fingerprint density at radius 2 is 2.05 bits per heavy atom. The van der Waals surface area contributed by atoms with E-state index in [0.717, 1.165) is 0 Å². The van der Waals surface area contributed by atoms with Crippen LogP contribution in [-0.4, -0.2) is 33.0 Å². The van der Waals surface area contributed by atoms with Gasteiger partial charge in [-0.15, -0.1) is 0 Å². The SMILES string of the molecule is CC(CCC(=O)O)NC(=O)c1nc(C(C)C)ncc1Cl. The van der Waals surface area contributed by atoms with Gasteiger partial charge in [0.1, 0.15) is 11.5 Å². The summed E-state index contributed by atoms with van der Waals surface area (Å²) in [5.41, 5.74) is 0.118. The number of carboxylic acid groups (broad SMARTS) is 1. The molecule has 1 heterocycles. The van der Waals surface area contributed by atoms with Crippen molar-refractivity contribution in [2.75, 3.05) is 0 Å². The van der Waals surface area contributed by atoms with Gasteiger partial charge in [0, 0.05) is 18.4 Å². The lowest BCUT2D eigenvalue weighted by atomic mass is 10.1. The first kappa shape index (κ1) is 16.4. The normalized spacial score (nSPS) is 12.2. The van der Waals surface area contributed by atoms with Gasteiger partial charge in [-0.1, -0.05) is 25.4 Å². The van der Waals surface area contributed by atoms with E-state index in [1.165, 1.54) is 6.20 Å². The van der Waals surface area contributed by atoms with E-state index in [0.29, 0.717) is 12.2 Å². The molecule has 0 bridgehead atoms. The molecule has 0 saturated carbocycles. The Bertz CT molecular complexity index is 506. The summed E-state index contributed by atoms with van der Waals surface area (Å²) in [5.74, 6) is -0.688. The van der Waals surface area contributed by atoms with Gasteiger partial charge < -0.3 is 10.4 Å². The molecule has 0 fully saturated rings. The van der Waals surface area contributed by atoms with Gasteiger partial charge in [-0.2, -0.15) is 0 Å². The fourth-order valence-electron chi connectivity index (χ4n) is 1.52. The van der Waals surface area contributed by atoms with E-state index in [1.807, 2.05) is 13.8 Å². The van der Waals surface area contributed by atoms with Crippen LogP contribution in [0.1, 0.15) is 55.8 Å². The van der Waals surface area contributed by atoms with Crippen molar-refractivity contribution in [2.24, 2.45) is 0 Å². The van der Waals surface area contributed by atoms with Crippen molar-refractivity contribution in [1.82, 2.24) is 15.3 Å². The maximum absolute atomic E-state index is 12.1. The van der Waals surface area contributed by atoms with Gasteiger partial charge in [-0.05, 0) is 13.3 Å². The number of carbonyl (C=O) groups is 2. The summed E-state index contributed by atoms with van der Waals surface area (Å²) in [4.78, 5) is 30.7. The van der Waals surface area contributed by atoms with Gasteiger partial charge in [0.25, 0.3) is 5.91 Å². The van der Waals surface area contributed by atoms with Gasteiger partial charge >= 0.3 is 5.97 Å². The van der Waals surface area contributed by atoms with Crippen LogP contribution >= 0.6 is 11.6 Å². The molecule has 0 spiro atoms. The lowest BCUT2D eigenvalue weighted by molar-refractivity contribution is -0.137. The Labute approximate surface area is 122 Å². The average Bonchev–Trinajstić information content (AvgIpc) is 2.36. The maximum atomic E-state index is 12.1. The van der Waals surface area contributed by atoms with Crippen LogP contribution < -0.4 is 5.32 Å². The molecule has 7 heteroatoms. The molecule has 20 heavy (non-hydrogen) atoms. The van der Waals surface area contributed by atoms with Crippen LogP contribution in [0.4, 0.5) is 0 Å². The van der Waals surface area contributed by atoms with E-state index in [1.54, 1.807) is 6.92 Å². The van der Waals surface area contributed by atoms with Crippen LogP contribution in [0, 0.1) is 0 Å². The number of aromatic nitrogens is 2. The quantitative estimate of drug-likeness (QED) is 0.840. The van der Waals surface area contributed by atoms with E-state index in [9.17, 15) is 9.59 Å². The van der Waals surface area contributed by atoms with Crippen molar-refractivity contribution in [1.29, 1.82) is 0 Å². The molecule has 0 aliphatic carbocycles. The highest BCUT2D eigenvalue weighted by Gasteiger charge is 2.17. The first-order chi connectivity index (χ1) is 9.31. The number of hydrogen-bond donors (Lipinski definition) is 2. The molecule has 1 aromatic rings. The van der Waals surface area contributed by atoms with Crippen molar-refractivity contribution in [3.63, 3.8) is 0 Å². The number of carboxylic acids is 1. The minimum Gasteiger partial charge on any atom is -0.481 e. The average molecular weight is 300 g/mol. The molecule has 0 saturated heterocycles. The fraction of sp³-hybridized carbons (Fsp3) is 0.538. The van der Waals surface area contributed by atoms with Crippen LogP contribution in [0.3, 0.4) is 0 Å². The molecule has 110 valence electrons. The Kier molecular flexibility index (Phi) is 5.88. The van der Waals surface area contributed by atoms with Crippen LogP contribution in [0.25, 0.3) is 0 Å². The number of hydrogen-bond acceptors (Lipinski definition) is 4. The van der Waals surface area contributed by atoms with Crippen LogP contribution in [0.5, 0.6) is 0 Å². The third-order valence-electron chi connectivity index (χ3n) is 2.66. The molecule has 1 atom stereocenters. The highest BCUT2D eigenvalue weighted by atomic mass is 35.5. The molecule has 1 unspecified atom stereocenters. The van der Waals surface area contributed by atoms with Crippen molar-refractivity contribution in [3.8, 4) is 0 Å². The van der Waals surface area contributed by atoms with E-state index < -0.39 is 11.9 Å². The number of halogens is 1. The maximum Gasteiger partial charge on any atom is 0.303 e. The number of rotatable bonds is 6. The molecular weight excluding hydrogens is 282 g/mol. The standard InChI is InChI=1S/C13H18ClN3O3/c1-7(2)12-15-6-9(14)11(17-12)13(20)16-8(3)4-5-10(18)19/h6-8H,4-5H2,1-3H3,(H,16,20)(H,18,19). The highest BCUT2D eigenvalue weighted by Crippen LogP contribution is 2.16. The zero-order valence-corrected chi connectivity index (χ0v) is 12.4. The second-order valence-electron chi connectivity index (χ2n) is 4.89. The number of aliphatic carboxylic acids is 1. The third kappa shape index (κ3) is 4.77. The first-order valence-corrected chi connectivity index (χ1v) is 6.74. The van der Waals surface area contributed by atoms with Crippen molar-refractivity contribution >= 4 is 23.5 Å². The molecule has 1 aromatic heterocycles. The van der Waals surface area contributed by atoms with Crippen molar-refractivity contribution in [2.45, 2.75) is 45.6 Å². The molecule has 0 aromatic carbocycles. The number of amides is 1. The second-order valence-corrected chi connectivity index (χ2v) is 5.29. The van der Waals surface area contributed by atoms with Crippen LogP contribution in [0.15, 0.2) is 6.20 Å². The van der Waals surface area contributed by atoms with Gasteiger partial charge in [0.2, 0.25) is 0 Å². The number of nitrogens with one attached hydrogen (secondary N) is 1. The first-order valence-electron chi connectivity index (χ1n) is 6.36. The summed E-state index contributed by atoms with van der Waals surface area (Å²) in [6, 6.07) is -0.271. The topological polar surface area (TPSA) is 92.2 Å². The molecule has 2 N–H and O–H groups in total. The molecule has 6 nitrogen and oxygen atoms in total. The third-order valence-corrected chi connectivity index (χ3v) is 2.94. The largest absolute Gasteiger partial charge is 0.481 e. The summed E-state index contributed by atoms with van der Waals surface area (Å²) >= 11 is 5.93. The van der Waals surface area contributed by atoms with Crippen molar-refractivity contribution in [3.05, 3.63) is 22.7 Å². The molecule has 0 radical (unpaired) electrons. The minimum absolute atomic E-state index is 0.00377. The zero-order valence-electron chi connectivity index (χ0n) is 11.7. The highest BCUT2D eigenvalue weighted by molar-refractivity contribution is 6.33. The summed E-state index contributed by atoms with van der Waals surface area (Å²) in [7, 11) is 0. The lowest BCUT2D eigenvalue weighted by Gasteiger charge is -2.13. The number of carbonyl (C=O) groups excluding carboxylic acids is 1. The molecule has 0 aliphatic heterocycles. The van der Waals surface area contributed by atoms with E-state index in [4.69, 9.17) is 16.7 Å². The minimum atomic E-state index is -0.895. The summed E-state index contributed by atoms with van der Waals surface area (Å²) in [6.07, 6.45) is 1.75. The van der Waals surface area contributed by atoms with Crippen LogP contribution in [0.2, 0.25) is 5.02 Å². The predicted octanol–water partition coefficient (Wildman–Crippen LogP) is 2.24. The Morgan fingerprint density at radius 1 is 1.40 bits per heavy atom. The number of nitrogens with zero attached hydrogens (tertiary/aromatic N) is 2.